The molecule has 0 amide bonds. The molecule has 0 bridgehead atoms. The summed E-state index contributed by atoms with van der Waals surface area (Å²) >= 11 is 0. The number of carbonyl (C=O) groups is 1. The molecule has 0 spiro atoms. The molecular weight excluding hydrogens is 186 g/mol. The van der Waals surface area contributed by atoms with Crippen molar-refractivity contribution in [1.29, 1.82) is 0 Å². The van der Waals surface area contributed by atoms with Gasteiger partial charge in [0.15, 0.2) is 5.69 Å². The molecule has 5 heteroatoms. The largest absolute Gasteiger partial charge is 0.472 e. The van der Waals surface area contributed by atoms with Gasteiger partial charge in [0.05, 0.1) is 18.9 Å². The Bertz CT molecular complexity index is 429. The molecule has 14 heavy (non-hydrogen) atoms. The number of carbonyl (C=O) groups excluding carboxylic acids is 1. The number of rotatable bonds is 2. The van der Waals surface area contributed by atoms with Crippen LogP contribution in [0.25, 0.3) is 11.5 Å². The zero-order chi connectivity index (χ0) is 9.97. The first kappa shape index (κ1) is 8.55. The monoisotopic (exact) mass is 193 g/mol. The highest BCUT2D eigenvalue weighted by Gasteiger charge is 2.13. The Morgan fingerprint density at radius 1 is 1.50 bits per heavy atom. The van der Waals surface area contributed by atoms with E-state index in [4.69, 9.17) is 8.83 Å². The van der Waals surface area contributed by atoms with E-state index in [1.54, 1.807) is 6.07 Å². The second-order valence-electron chi connectivity index (χ2n) is 2.54. The van der Waals surface area contributed by atoms with Crippen molar-refractivity contribution in [1.82, 2.24) is 4.98 Å². The van der Waals surface area contributed by atoms with E-state index in [1.807, 2.05) is 0 Å². The second kappa shape index (κ2) is 3.37. The van der Waals surface area contributed by atoms with E-state index in [0.29, 0.717) is 11.5 Å². The van der Waals surface area contributed by atoms with Crippen LogP contribution in [0.15, 0.2) is 33.7 Å². The summed E-state index contributed by atoms with van der Waals surface area (Å²) in [5.41, 5.74) is 0.823. The number of hydrogen-bond acceptors (Lipinski definition) is 5. The summed E-state index contributed by atoms with van der Waals surface area (Å²) in [5, 5.41) is 0. The summed E-state index contributed by atoms with van der Waals surface area (Å²) in [5.74, 6) is -0.192. The molecule has 5 nitrogen and oxygen atoms in total. The number of esters is 1. The maximum Gasteiger partial charge on any atom is 0.360 e. The minimum absolute atomic E-state index is 0.142. The molecule has 2 aromatic heterocycles. The lowest BCUT2D eigenvalue weighted by molar-refractivity contribution is 0.0594. The lowest BCUT2D eigenvalue weighted by Gasteiger charge is -1.89. The normalized spacial score (nSPS) is 10.1. The van der Waals surface area contributed by atoms with Crippen LogP contribution in [0.3, 0.4) is 0 Å². The zero-order valence-corrected chi connectivity index (χ0v) is 7.39. The highest BCUT2D eigenvalue weighted by Crippen LogP contribution is 2.18. The van der Waals surface area contributed by atoms with Crippen LogP contribution in [0, 0.1) is 0 Å². The molecule has 0 aliphatic carbocycles. The second-order valence-corrected chi connectivity index (χ2v) is 2.54. The Hall–Kier alpha value is -2.04. The minimum atomic E-state index is -0.525. The van der Waals surface area contributed by atoms with E-state index in [-0.39, 0.29) is 5.69 Å². The highest BCUT2D eigenvalue weighted by molar-refractivity contribution is 5.87. The fourth-order valence-corrected chi connectivity index (χ4v) is 0.991. The molecule has 0 saturated carbocycles. The van der Waals surface area contributed by atoms with Gasteiger partial charge < -0.3 is 13.6 Å². The lowest BCUT2D eigenvalue weighted by atomic mass is 10.3. The summed E-state index contributed by atoms with van der Waals surface area (Å²) in [4.78, 5) is 15.0. The first-order valence-corrected chi connectivity index (χ1v) is 3.87. The quantitative estimate of drug-likeness (QED) is 0.679. The van der Waals surface area contributed by atoms with Crippen molar-refractivity contribution in [3.8, 4) is 11.5 Å². The summed E-state index contributed by atoms with van der Waals surface area (Å²) in [7, 11) is 1.29. The van der Waals surface area contributed by atoms with Crippen molar-refractivity contribution in [2.75, 3.05) is 7.11 Å². The smallest absolute Gasteiger partial charge is 0.360 e. The summed E-state index contributed by atoms with van der Waals surface area (Å²) in [6.45, 7) is 0. The number of ether oxygens (including phenoxy) is 1. The third-order valence-electron chi connectivity index (χ3n) is 1.67. The predicted octanol–water partition coefficient (Wildman–Crippen LogP) is 1.72. The van der Waals surface area contributed by atoms with Crippen molar-refractivity contribution >= 4 is 5.97 Å². The van der Waals surface area contributed by atoms with Crippen LogP contribution in [0.2, 0.25) is 0 Å². The Kier molecular flexibility index (Phi) is 2.06. The SMILES string of the molecule is COC(=O)c1coc(-c2ccoc2)n1. The zero-order valence-electron chi connectivity index (χ0n) is 7.39. The highest BCUT2D eigenvalue weighted by atomic mass is 16.5. The average molecular weight is 193 g/mol. The van der Waals surface area contributed by atoms with Gasteiger partial charge in [-0.25, -0.2) is 9.78 Å². The third kappa shape index (κ3) is 1.39. The van der Waals surface area contributed by atoms with Gasteiger partial charge >= 0.3 is 5.97 Å². The van der Waals surface area contributed by atoms with Gasteiger partial charge in [-0.3, -0.25) is 0 Å². The summed E-state index contributed by atoms with van der Waals surface area (Å²) in [6, 6.07) is 1.69. The van der Waals surface area contributed by atoms with Gasteiger partial charge in [0.1, 0.15) is 12.5 Å². The van der Waals surface area contributed by atoms with Crippen LogP contribution in [0.1, 0.15) is 10.5 Å². The maximum atomic E-state index is 11.0. The molecule has 0 saturated heterocycles. The van der Waals surface area contributed by atoms with E-state index < -0.39 is 5.97 Å². The van der Waals surface area contributed by atoms with Gasteiger partial charge in [0, 0.05) is 0 Å². The van der Waals surface area contributed by atoms with Gasteiger partial charge in [-0.05, 0) is 6.07 Å². The van der Waals surface area contributed by atoms with Crippen molar-refractivity contribution < 1.29 is 18.4 Å². The van der Waals surface area contributed by atoms with Crippen LogP contribution < -0.4 is 0 Å². The average Bonchev–Trinajstić information content (AvgIpc) is 2.86. The molecular formula is C9H7NO4. The van der Waals surface area contributed by atoms with E-state index in [9.17, 15) is 4.79 Å². The van der Waals surface area contributed by atoms with E-state index in [1.165, 1.54) is 25.9 Å². The van der Waals surface area contributed by atoms with Gasteiger partial charge in [-0.1, -0.05) is 0 Å². The van der Waals surface area contributed by atoms with E-state index >= 15 is 0 Å². The van der Waals surface area contributed by atoms with Crippen molar-refractivity contribution in [3.63, 3.8) is 0 Å². The molecule has 2 rings (SSSR count). The fourth-order valence-electron chi connectivity index (χ4n) is 0.991. The minimum Gasteiger partial charge on any atom is -0.472 e. The van der Waals surface area contributed by atoms with E-state index in [2.05, 4.69) is 9.72 Å². The third-order valence-corrected chi connectivity index (χ3v) is 1.67. The van der Waals surface area contributed by atoms with Crippen molar-refractivity contribution in [3.05, 3.63) is 30.5 Å². The van der Waals surface area contributed by atoms with Crippen LogP contribution in [0.5, 0.6) is 0 Å². The molecule has 0 aliphatic rings. The molecule has 0 aliphatic heterocycles. The molecule has 0 N–H and O–H groups in total. The number of oxazole rings is 1. The fraction of sp³-hybridized carbons (Fsp3) is 0.111. The molecule has 2 aromatic rings. The summed E-state index contributed by atoms with van der Waals surface area (Å²) in [6.07, 6.45) is 4.22. The van der Waals surface area contributed by atoms with Crippen LogP contribution in [0.4, 0.5) is 0 Å². The Balaban J connectivity index is 2.31. The number of nitrogens with zero attached hydrogens (tertiary/aromatic N) is 1. The van der Waals surface area contributed by atoms with Gasteiger partial charge in [-0.15, -0.1) is 0 Å². The number of furan rings is 1. The number of aromatic nitrogens is 1. The van der Waals surface area contributed by atoms with Crippen molar-refractivity contribution in [2.24, 2.45) is 0 Å². The summed E-state index contributed by atoms with van der Waals surface area (Å²) < 4.78 is 14.4. The van der Waals surface area contributed by atoms with Gasteiger partial charge in [-0.2, -0.15) is 0 Å². The molecule has 0 fully saturated rings. The van der Waals surface area contributed by atoms with Crippen molar-refractivity contribution in [2.45, 2.75) is 0 Å². The maximum absolute atomic E-state index is 11.0. The van der Waals surface area contributed by atoms with Crippen LogP contribution >= 0.6 is 0 Å². The number of hydrogen-bond donors (Lipinski definition) is 0. The Labute approximate surface area is 79.3 Å². The van der Waals surface area contributed by atoms with Crippen LogP contribution in [-0.2, 0) is 4.74 Å². The Morgan fingerprint density at radius 2 is 2.36 bits per heavy atom. The molecule has 2 heterocycles. The van der Waals surface area contributed by atoms with Gasteiger partial charge in [0.25, 0.3) is 0 Å². The van der Waals surface area contributed by atoms with E-state index in [0.717, 1.165) is 0 Å². The first-order valence-electron chi connectivity index (χ1n) is 3.87. The van der Waals surface area contributed by atoms with Crippen LogP contribution in [-0.4, -0.2) is 18.1 Å². The first-order chi connectivity index (χ1) is 6.81. The molecule has 0 atom stereocenters. The molecule has 0 radical (unpaired) electrons. The lowest BCUT2D eigenvalue weighted by Crippen LogP contribution is -2.00. The molecule has 0 unspecified atom stereocenters. The van der Waals surface area contributed by atoms with Gasteiger partial charge in [0.2, 0.25) is 5.89 Å². The number of methoxy groups -OCH3 is 1. The predicted molar refractivity (Wildman–Crippen MR) is 45.5 cm³/mol. The Morgan fingerprint density at radius 3 is 3.00 bits per heavy atom. The standard InChI is InChI=1S/C9H7NO4/c1-12-9(11)7-5-14-8(10-7)6-2-3-13-4-6/h2-5H,1H3. The topological polar surface area (TPSA) is 65.5 Å². The molecule has 72 valence electrons. The molecule has 0 aromatic carbocycles.